The first-order chi connectivity index (χ1) is 8.20. The quantitative estimate of drug-likeness (QED) is 0.784. The van der Waals surface area contributed by atoms with E-state index in [1.807, 2.05) is 24.3 Å². The van der Waals surface area contributed by atoms with Crippen molar-refractivity contribution in [2.24, 2.45) is 11.8 Å². The zero-order valence-corrected chi connectivity index (χ0v) is 11.3. The summed E-state index contributed by atoms with van der Waals surface area (Å²) in [5.41, 5.74) is 0. The highest BCUT2D eigenvalue weighted by atomic mass is 79.9. The van der Waals surface area contributed by atoms with Crippen LogP contribution in [0.4, 0.5) is 0 Å². The van der Waals surface area contributed by atoms with Crippen LogP contribution in [0.2, 0.25) is 0 Å². The molecule has 1 aromatic rings. The van der Waals surface area contributed by atoms with Crippen LogP contribution in [-0.2, 0) is 9.53 Å². The molecule has 1 unspecified atom stereocenters. The van der Waals surface area contributed by atoms with Gasteiger partial charge in [-0.2, -0.15) is 0 Å². The molecule has 1 aromatic carbocycles. The molecule has 0 aliphatic heterocycles. The van der Waals surface area contributed by atoms with Gasteiger partial charge < -0.3 is 9.47 Å². The van der Waals surface area contributed by atoms with Gasteiger partial charge in [0, 0.05) is 4.47 Å². The number of halogens is 1. The molecule has 1 aliphatic carbocycles. The van der Waals surface area contributed by atoms with E-state index in [0.717, 1.165) is 23.1 Å². The smallest absolute Gasteiger partial charge is 0.312 e. The maximum Gasteiger partial charge on any atom is 0.312 e. The number of benzene rings is 1. The SMILES string of the molecule is COC(=O)C(COc1ccc(Br)cc1)C1CC1. The van der Waals surface area contributed by atoms with Crippen LogP contribution in [0.5, 0.6) is 5.75 Å². The number of rotatable bonds is 5. The molecule has 2 rings (SSSR count). The number of carbonyl (C=O) groups excluding carboxylic acids is 1. The van der Waals surface area contributed by atoms with E-state index >= 15 is 0 Å². The Kier molecular flexibility index (Phi) is 4.05. The Balaban J connectivity index is 1.90. The summed E-state index contributed by atoms with van der Waals surface area (Å²) >= 11 is 3.36. The van der Waals surface area contributed by atoms with Crippen molar-refractivity contribution in [2.45, 2.75) is 12.8 Å². The van der Waals surface area contributed by atoms with Gasteiger partial charge in [-0.15, -0.1) is 0 Å². The first-order valence-corrected chi connectivity index (χ1v) is 6.46. The minimum atomic E-state index is -0.162. The van der Waals surface area contributed by atoms with Crippen molar-refractivity contribution in [2.75, 3.05) is 13.7 Å². The Hall–Kier alpha value is -1.03. The third-order valence-corrected chi connectivity index (χ3v) is 3.47. The van der Waals surface area contributed by atoms with E-state index in [1.165, 1.54) is 7.11 Å². The molecule has 1 aliphatic rings. The summed E-state index contributed by atoms with van der Waals surface area (Å²) < 4.78 is 11.4. The molecule has 0 spiro atoms. The second kappa shape index (κ2) is 5.54. The lowest BCUT2D eigenvalue weighted by atomic mass is 10.1. The predicted molar refractivity (Wildman–Crippen MR) is 67.9 cm³/mol. The van der Waals surface area contributed by atoms with Crippen LogP contribution in [0.1, 0.15) is 12.8 Å². The minimum absolute atomic E-state index is 0.122. The lowest BCUT2D eigenvalue weighted by Crippen LogP contribution is -2.25. The van der Waals surface area contributed by atoms with Gasteiger partial charge in [0.1, 0.15) is 12.4 Å². The molecule has 1 atom stereocenters. The Bertz CT molecular complexity index is 384. The van der Waals surface area contributed by atoms with Crippen molar-refractivity contribution >= 4 is 21.9 Å². The fourth-order valence-corrected chi connectivity index (χ4v) is 2.03. The van der Waals surface area contributed by atoms with Crippen LogP contribution < -0.4 is 4.74 Å². The highest BCUT2D eigenvalue weighted by Gasteiger charge is 2.37. The molecule has 1 saturated carbocycles. The van der Waals surface area contributed by atoms with Crippen molar-refractivity contribution in [3.05, 3.63) is 28.7 Å². The van der Waals surface area contributed by atoms with Gasteiger partial charge in [-0.05, 0) is 43.0 Å². The summed E-state index contributed by atoms with van der Waals surface area (Å²) in [7, 11) is 1.43. The molecular weight excluding hydrogens is 284 g/mol. The summed E-state index contributed by atoms with van der Waals surface area (Å²) in [6.07, 6.45) is 2.20. The van der Waals surface area contributed by atoms with Gasteiger partial charge in [0.15, 0.2) is 0 Å². The molecule has 1 fully saturated rings. The molecule has 0 heterocycles. The first kappa shape index (κ1) is 12.4. The molecule has 17 heavy (non-hydrogen) atoms. The molecule has 92 valence electrons. The van der Waals surface area contributed by atoms with Gasteiger partial charge in [-0.3, -0.25) is 4.79 Å². The standard InChI is InChI=1S/C13H15BrO3/c1-16-13(15)12(9-2-3-9)8-17-11-6-4-10(14)5-7-11/h4-7,9,12H,2-3,8H2,1H3. The van der Waals surface area contributed by atoms with Crippen molar-refractivity contribution in [3.63, 3.8) is 0 Å². The van der Waals surface area contributed by atoms with E-state index < -0.39 is 0 Å². The third kappa shape index (κ3) is 3.46. The highest BCUT2D eigenvalue weighted by molar-refractivity contribution is 9.10. The van der Waals surface area contributed by atoms with Gasteiger partial charge in [-0.25, -0.2) is 0 Å². The number of ether oxygens (including phenoxy) is 2. The lowest BCUT2D eigenvalue weighted by molar-refractivity contribution is -0.147. The molecular formula is C13H15BrO3. The molecule has 0 bridgehead atoms. The fraction of sp³-hybridized carbons (Fsp3) is 0.462. The van der Waals surface area contributed by atoms with E-state index in [-0.39, 0.29) is 11.9 Å². The summed E-state index contributed by atoms with van der Waals surface area (Å²) in [6.45, 7) is 0.402. The Labute approximate surface area is 109 Å². The Morgan fingerprint density at radius 3 is 2.59 bits per heavy atom. The Morgan fingerprint density at radius 2 is 2.06 bits per heavy atom. The molecule has 0 saturated heterocycles. The topological polar surface area (TPSA) is 35.5 Å². The normalized spacial score (nSPS) is 16.4. The maximum absolute atomic E-state index is 11.6. The van der Waals surface area contributed by atoms with Crippen molar-refractivity contribution < 1.29 is 14.3 Å². The van der Waals surface area contributed by atoms with Crippen molar-refractivity contribution in [3.8, 4) is 5.75 Å². The van der Waals surface area contributed by atoms with Gasteiger partial charge in [0.25, 0.3) is 0 Å². The van der Waals surface area contributed by atoms with Crippen LogP contribution in [-0.4, -0.2) is 19.7 Å². The van der Waals surface area contributed by atoms with Gasteiger partial charge in [0.2, 0.25) is 0 Å². The zero-order chi connectivity index (χ0) is 12.3. The Morgan fingerprint density at radius 1 is 1.41 bits per heavy atom. The molecule has 0 amide bonds. The summed E-state index contributed by atoms with van der Waals surface area (Å²) in [4.78, 5) is 11.6. The fourth-order valence-electron chi connectivity index (χ4n) is 1.76. The van der Waals surface area contributed by atoms with E-state index in [0.29, 0.717) is 12.5 Å². The number of hydrogen-bond acceptors (Lipinski definition) is 3. The molecule has 0 radical (unpaired) electrons. The van der Waals surface area contributed by atoms with E-state index in [1.54, 1.807) is 0 Å². The van der Waals surface area contributed by atoms with E-state index in [4.69, 9.17) is 9.47 Å². The minimum Gasteiger partial charge on any atom is -0.493 e. The van der Waals surface area contributed by atoms with E-state index in [9.17, 15) is 4.79 Å². The molecule has 4 heteroatoms. The molecule has 0 aromatic heterocycles. The summed E-state index contributed by atoms with van der Waals surface area (Å²) in [6, 6.07) is 7.59. The summed E-state index contributed by atoms with van der Waals surface area (Å²) in [5.74, 6) is 0.939. The van der Waals surface area contributed by atoms with Gasteiger partial charge in [-0.1, -0.05) is 15.9 Å². The first-order valence-electron chi connectivity index (χ1n) is 5.67. The monoisotopic (exact) mass is 298 g/mol. The number of hydrogen-bond donors (Lipinski definition) is 0. The van der Waals surface area contributed by atoms with Crippen LogP contribution in [0.3, 0.4) is 0 Å². The third-order valence-electron chi connectivity index (χ3n) is 2.94. The average molecular weight is 299 g/mol. The van der Waals surface area contributed by atoms with Crippen LogP contribution in [0.15, 0.2) is 28.7 Å². The molecule has 3 nitrogen and oxygen atoms in total. The highest BCUT2D eigenvalue weighted by Crippen LogP contribution is 2.37. The van der Waals surface area contributed by atoms with Crippen LogP contribution in [0.25, 0.3) is 0 Å². The van der Waals surface area contributed by atoms with Crippen LogP contribution >= 0.6 is 15.9 Å². The van der Waals surface area contributed by atoms with Gasteiger partial charge in [0.05, 0.1) is 13.0 Å². The van der Waals surface area contributed by atoms with Gasteiger partial charge >= 0.3 is 5.97 Å². The summed E-state index contributed by atoms with van der Waals surface area (Å²) in [5, 5.41) is 0. The van der Waals surface area contributed by atoms with Crippen molar-refractivity contribution in [1.29, 1.82) is 0 Å². The zero-order valence-electron chi connectivity index (χ0n) is 9.69. The predicted octanol–water partition coefficient (Wildman–Crippen LogP) is 3.03. The number of methoxy groups -OCH3 is 1. The number of carbonyl (C=O) groups is 1. The maximum atomic E-state index is 11.6. The second-order valence-electron chi connectivity index (χ2n) is 4.23. The van der Waals surface area contributed by atoms with Crippen LogP contribution in [0, 0.1) is 11.8 Å². The van der Waals surface area contributed by atoms with E-state index in [2.05, 4.69) is 15.9 Å². The average Bonchev–Trinajstić information content (AvgIpc) is 3.16. The largest absolute Gasteiger partial charge is 0.493 e. The van der Waals surface area contributed by atoms with Crippen molar-refractivity contribution in [1.82, 2.24) is 0 Å². The number of esters is 1. The molecule has 0 N–H and O–H groups in total. The lowest BCUT2D eigenvalue weighted by Gasteiger charge is -2.14. The second-order valence-corrected chi connectivity index (χ2v) is 5.15.